The number of rotatable bonds is 2. The summed E-state index contributed by atoms with van der Waals surface area (Å²) in [5.74, 6) is 0.796. The van der Waals surface area contributed by atoms with Crippen molar-refractivity contribution in [2.24, 2.45) is 5.92 Å². The standard InChI is InChI=1S/C14H18BrN3/c1-17-7-4-11(5-8-17)9-12-10-18-6-2-3-13(15)14(18)16-12/h2-3,6,10-11H,4-5,7-9H2,1H3. The molecule has 0 aromatic carbocycles. The summed E-state index contributed by atoms with van der Waals surface area (Å²) in [4.78, 5) is 7.14. The van der Waals surface area contributed by atoms with Crippen molar-refractivity contribution in [3.63, 3.8) is 0 Å². The SMILES string of the molecule is CN1CCC(Cc2cn3cccc(Br)c3n2)CC1. The number of imidazole rings is 1. The fourth-order valence-corrected chi connectivity index (χ4v) is 3.14. The number of likely N-dealkylation sites (tertiary alicyclic amines) is 1. The van der Waals surface area contributed by atoms with Crippen LogP contribution in [0.15, 0.2) is 29.0 Å². The van der Waals surface area contributed by atoms with Gasteiger partial charge in [0.2, 0.25) is 0 Å². The normalized spacial score (nSPS) is 18.6. The Labute approximate surface area is 116 Å². The second-order valence-electron chi connectivity index (χ2n) is 5.27. The van der Waals surface area contributed by atoms with Gasteiger partial charge in [0, 0.05) is 12.4 Å². The van der Waals surface area contributed by atoms with Crippen molar-refractivity contribution < 1.29 is 0 Å². The van der Waals surface area contributed by atoms with Gasteiger partial charge >= 0.3 is 0 Å². The van der Waals surface area contributed by atoms with Crippen molar-refractivity contribution in [2.45, 2.75) is 19.3 Å². The van der Waals surface area contributed by atoms with E-state index in [1.807, 2.05) is 12.1 Å². The molecule has 0 unspecified atom stereocenters. The highest BCUT2D eigenvalue weighted by Gasteiger charge is 2.18. The third-order valence-corrected chi connectivity index (χ3v) is 4.44. The van der Waals surface area contributed by atoms with E-state index in [2.05, 4.69) is 44.7 Å². The lowest BCUT2D eigenvalue weighted by Gasteiger charge is -2.28. The molecule has 1 aliphatic rings. The van der Waals surface area contributed by atoms with E-state index in [9.17, 15) is 0 Å². The monoisotopic (exact) mass is 307 g/mol. The molecule has 4 heteroatoms. The third kappa shape index (κ3) is 2.45. The minimum atomic E-state index is 0.796. The average molecular weight is 308 g/mol. The zero-order valence-corrected chi connectivity index (χ0v) is 12.2. The molecule has 3 heterocycles. The molecule has 0 radical (unpaired) electrons. The van der Waals surface area contributed by atoms with Crippen LogP contribution in [0.2, 0.25) is 0 Å². The minimum Gasteiger partial charge on any atom is -0.306 e. The van der Waals surface area contributed by atoms with Crippen molar-refractivity contribution in [1.82, 2.24) is 14.3 Å². The summed E-state index contributed by atoms with van der Waals surface area (Å²) in [5, 5.41) is 0. The Hall–Kier alpha value is -0.870. The molecule has 1 aliphatic heterocycles. The Balaban J connectivity index is 1.77. The van der Waals surface area contributed by atoms with Crippen molar-refractivity contribution in [1.29, 1.82) is 0 Å². The van der Waals surface area contributed by atoms with E-state index in [1.54, 1.807) is 0 Å². The number of piperidine rings is 1. The highest BCUT2D eigenvalue weighted by atomic mass is 79.9. The molecule has 0 atom stereocenters. The number of aromatic nitrogens is 2. The van der Waals surface area contributed by atoms with E-state index >= 15 is 0 Å². The Bertz CT molecular complexity index is 541. The van der Waals surface area contributed by atoms with Crippen LogP contribution in [0.4, 0.5) is 0 Å². The lowest BCUT2D eigenvalue weighted by Crippen LogP contribution is -2.30. The van der Waals surface area contributed by atoms with Crippen LogP contribution in [0.3, 0.4) is 0 Å². The van der Waals surface area contributed by atoms with E-state index in [4.69, 9.17) is 4.98 Å². The van der Waals surface area contributed by atoms with Gasteiger partial charge in [0.1, 0.15) is 0 Å². The predicted molar refractivity (Wildman–Crippen MR) is 76.8 cm³/mol. The summed E-state index contributed by atoms with van der Waals surface area (Å²) in [7, 11) is 2.21. The van der Waals surface area contributed by atoms with Crippen LogP contribution in [0, 0.1) is 5.92 Å². The first-order valence-corrected chi connectivity index (χ1v) is 7.32. The molecule has 0 N–H and O–H groups in total. The van der Waals surface area contributed by atoms with Gasteiger partial charge in [-0.15, -0.1) is 0 Å². The number of fused-ring (bicyclic) bond motifs is 1. The van der Waals surface area contributed by atoms with Gasteiger partial charge in [0.15, 0.2) is 5.65 Å². The van der Waals surface area contributed by atoms with Crippen LogP contribution in [0.5, 0.6) is 0 Å². The van der Waals surface area contributed by atoms with Crippen LogP contribution >= 0.6 is 15.9 Å². The summed E-state index contributed by atoms with van der Waals surface area (Å²) in [6.07, 6.45) is 7.93. The van der Waals surface area contributed by atoms with Crippen molar-refractivity contribution in [2.75, 3.05) is 20.1 Å². The first-order valence-electron chi connectivity index (χ1n) is 6.53. The number of nitrogens with zero attached hydrogens (tertiary/aromatic N) is 3. The number of pyridine rings is 1. The second-order valence-corrected chi connectivity index (χ2v) is 6.12. The molecule has 0 saturated carbocycles. The first-order chi connectivity index (χ1) is 8.72. The van der Waals surface area contributed by atoms with Gasteiger partial charge in [-0.05, 0) is 73.4 Å². The predicted octanol–water partition coefficient (Wildman–Crippen LogP) is 2.98. The van der Waals surface area contributed by atoms with E-state index in [0.717, 1.165) is 22.5 Å². The maximum atomic E-state index is 4.73. The fraction of sp³-hybridized carbons (Fsp3) is 0.500. The molecule has 0 amide bonds. The Kier molecular flexibility index (Phi) is 3.39. The minimum absolute atomic E-state index is 0.796. The molecule has 2 aromatic rings. The number of hydrogen-bond acceptors (Lipinski definition) is 2. The van der Waals surface area contributed by atoms with Gasteiger partial charge in [-0.3, -0.25) is 0 Å². The van der Waals surface area contributed by atoms with Crippen LogP contribution < -0.4 is 0 Å². The summed E-state index contributed by atoms with van der Waals surface area (Å²) < 4.78 is 3.17. The number of hydrogen-bond donors (Lipinski definition) is 0. The molecule has 96 valence electrons. The van der Waals surface area contributed by atoms with Gasteiger partial charge in [0.25, 0.3) is 0 Å². The zero-order chi connectivity index (χ0) is 12.5. The fourth-order valence-electron chi connectivity index (χ4n) is 2.69. The Morgan fingerprint density at radius 1 is 1.39 bits per heavy atom. The van der Waals surface area contributed by atoms with E-state index in [0.29, 0.717) is 0 Å². The number of halogens is 1. The van der Waals surface area contributed by atoms with Crippen molar-refractivity contribution in [3.8, 4) is 0 Å². The van der Waals surface area contributed by atoms with Gasteiger partial charge in [-0.1, -0.05) is 0 Å². The lowest BCUT2D eigenvalue weighted by atomic mass is 9.93. The maximum Gasteiger partial charge on any atom is 0.151 e. The van der Waals surface area contributed by atoms with E-state index in [1.165, 1.54) is 31.6 Å². The Morgan fingerprint density at radius 3 is 2.89 bits per heavy atom. The second kappa shape index (κ2) is 5.02. The van der Waals surface area contributed by atoms with Crippen LogP contribution in [0.1, 0.15) is 18.5 Å². The highest BCUT2D eigenvalue weighted by molar-refractivity contribution is 9.10. The molecule has 0 aliphatic carbocycles. The topological polar surface area (TPSA) is 20.5 Å². The molecule has 0 spiro atoms. The average Bonchev–Trinajstić information content (AvgIpc) is 2.76. The largest absolute Gasteiger partial charge is 0.306 e. The van der Waals surface area contributed by atoms with Gasteiger partial charge < -0.3 is 9.30 Å². The van der Waals surface area contributed by atoms with Crippen LogP contribution in [-0.2, 0) is 6.42 Å². The molecule has 0 bridgehead atoms. The van der Waals surface area contributed by atoms with Gasteiger partial charge in [-0.25, -0.2) is 4.98 Å². The lowest BCUT2D eigenvalue weighted by molar-refractivity contribution is 0.218. The zero-order valence-electron chi connectivity index (χ0n) is 10.6. The molecule has 18 heavy (non-hydrogen) atoms. The van der Waals surface area contributed by atoms with Gasteiger partial charge in [0.05, 0.1) is 10.2 Å². The van der Waals surface area contributed by atoms with E-state index in [-0.39, 0.29) is 0 Å². The summed E-state index contributed by atoms with van der Waals surface area (Å²) in [6.45, 7) is 2.45. The third-order valence-electron chi connectivity index (χ3n) is 3.82. The van der Waals surface area contributed by atoms with Gasteiger partial charge in [-0.2, -0.15) is 0 Å². The highest BCUT2D eigenvalue weighted by Crippen LogP contribution is 2.22. The molecule has 1 fully saturated rings. The maximum absolute atomic E-state index is 4.73. The molecular formula is C14H18BrN3. The van der Waals surface area contributed by atoms with Crippen LogP contribution in [-0.4, -0.2) is 34.4 Å². The molecular weight excluding hydrogens is 290 g/mol. The summed E-state index contributed by atoms with van der Waals surface area (Å²) in [5.41, 5.74) is 2.25. The molecule has 2 aromatic heterocycles. The summed E-state index contributed by atoms with van der Waals surface area (Å²) >= 11 is 3.55. The Morgan fingerprint density at radius 2 is 2.17 bits per heavy atom. The molecule has 3 rings (SSSR count). The molecule has 3 nitrogen and oxygen atoms in total. The van der Waals surface area contributed by atoms with E-state index < -0.39 is 0 Å². The van der Waals surface area contributed by atoms with Crippen LogP contribution in [0.25, 0.3) is 5.65 Å². The first kappa shape index (κ1) is 12.2. The van der Waals surface area contributed by atoms with Crippen molar-refractivity contribution in [3.05, 3.63) is 34.7 Å². The molecule has 1 saturated heterocycles. The van der Waals surface area contributed by atoms with Crippen molar-refractivity contribution >= 4 is 21.6 Å². The smallest absolute Gasteiger partial charge is 0.151 e. The quantitative estimate of drug-likeness (QED) is 0.850. The summed E-state index contributed by atoms with van der Waals surface area (Å²) in [6, 6.07) is 4.08.